The highest BCUT2D eigenvalue weighted by Gasteiger charge is 2.24. The van der Waals surface area contributed by atoms with Gasteiger partial charge in [-0.2, -0.15) is 0 Å². The zero-order valence-electron chi connectivity index (χ0n) is 11.3. The highest BCUT2D eigenvalue weighted by atomic mass is 79.9. The van der Waals surface area contributed by atoms with Crippen molar-refractivity contribution in [2.75, 3.05) is 26.2 Å². The zero-order valence-corrected chi connectivity index (χ0v) is 13.7. The van der Waals surface area contributed by atoms with E-state index in [-0.39, 0.29) is 0 Å². The fraction of sp³-hybridized carbons (Fsp3) is 0.714. The molecule has 0 spiro atoms. The van der Waals surface area contributed by atoms with E-state index in [1.165, 1.54) is 41.1 Å². The minimum Gasteiger partial charge on any atom is -0.314 e. The molecule has 0 radical (unpaired) electrons. The van der Waals surface area contributed by atoms with Gasteiger partial charge in [0, 0.05) is 24.0 Å². The molecule has 1 aliphatic heterocycles. The molecular weight excluding hydrogens is 308 g/mol. The first-order valence-electron chi connectivity index (χ1n) is 6.89. The molecule has 18 heavy (non-hydrogen) atoms. The molecule has 0 aliphatic carbocycles. The predicted molar refractivity (Wildman–Crippen MR) is 83.4 cm³/mol. The van der Waals surface area contributed by atoms with E-state index in [9.17, 15) is 0 Å². The molecule has 2 heterocycles. The number of halogens is 1. The first kappa shape index (κ1) is 14.5. The summed E-state index contributed by atoms with van der Waals surface area (Å²) in [5, 5.41) is 3.60. The second-order valence-electron chi connectivity index (χ2n) is 5.19. The van der Waals surface area contributed by atoms with Crippen LogP contribution in [0.4, 0.5) is 0 Å². The predicted octanol–water partition coefficient (Wildman–Crippen LogP) is 3.37. The van der Waals surface area contributed by atoms with Gasteiger partial charge in [-0.25, -0.2) is 0 Å². The summed E-state index contributed by atoms with van der Waals surface area (Å²) in [6.45, 7) is 9.36. The van der Waals surface area contributed by atoms with Gasteiger partial charge >= 0.3 is 0 Å². The van der Waals surface area contributed by atoms with E-state index < -0.39 is 0 Å². The SMILES string of the molecule is CCNC1CCN(CCc2ccc(Br)s2)CC1C. The lowest BCUT2D eigenvalue weighted by Gasteiger charge is -2.37. The van der Waals surface area contributed by atoms with Gasteiger partial charge in [-0.3, -0.25) is 0 Å². The molecule has 1 aromatic rings. The number of hydrogen-bond donors (Lipinski definition) is 1. The lowest BCUT2D eigenvalue weighted by atomic mass is 9.93. The number of nitrogens with zero attached hydrogens (tertiary/aromatic N) is 1. The van der Waals surface area contributed by atoms with Crippen molar-refractivity contribution in [3.63, 3.8) is 0 Å². The van der Waals surface area contributed by atoms with Crippen LogP contribution < -0.4 is 5.32 Å². The third-order valence-electron chi connectivity index (χ3n) is 3.76. The molecule has 0 bridgehead atoms. The van der Waals surface area contributed by atoms with Gasteiger partial charge in [0.2, 0.25) is 0 Å². The number of thiophene rings is 1. The van der Waals surface area contributed by atoms with E-state index in [1.54, 1.807) is 0 Å². The van der Waals surface area contributed by atoms with Crippen LogP contribution in [0.2, 0.25) is 0 Å². The summed E-state index contributed by atoms with van der Waals surface area (Å²) >= 11 is 5.39. The van der Waals surface area contributed by atoms with E-state index in [2.05, 4.69) is 52.1 Å². The molecule has 2 rings (SSSR count). The molecule has 1 saturated heterocycles. The molecule has 4 heteroatoms. The van der Waals surface area contributed by atoms with Crippen LogP contribution in [0.1, 0.15) is 25.1 Å². The van der Waals surface area contributed by atoms with Crippen LogP contribution in [-0.2, 0) is 6.42 Å². The van der Waals surface area contributed by atoms with Crippen LogP contribution in [0.15, 0.2) is 15.9 Å². The summed E-state index contributed by atoms with van der Waals surface area (Å²) in [4.78, 5) is 4.11. The van der Waals surface area contributed by atoms with Gasteiger partial charge in [0.05, 0.1) is 3.79 Å². The summed E-state index contributed by atoms with van der Waals surface area (Å²) in [5.41, 5.74) is 0. The van der Waals surface area contributed by atoms with E-state index in [0.717, 1.165) is 18.5 Å². The maximum Gasteiger partial charge on any atom is 0.0701 e. The first-order chi connectivity index (χ1) is 8.69. The Morgan fingerprint density at radius 2 is 2.33 bits per heavy atom. The van der Waals surface area contributed by atoms with Crippen LogP contribution >= 0.6 is 27.3 Å². The number of rotatable bonds is 5. The van der Waals surface area contributed by atoms with Gasteiger partial charge in [-0.1, -0.05) is 13.8 Å². The molecule has 2 atom stereocenters. The van der Waals surface area contributed by atoms with E-state index in [1.807, 2.05) is 11.3 Å². The first-order valence-corrected chi connectivity index (χ1v) is 8.50. The number of nitrogens with one attached hydrogen (secondary N) is 1. The molecule has 1 aliphatic rings. The van der Waals surface area contributed by atoms with Crippen LogP contribution in [-0.4, -0.2) is 37.1 Å². The molecular formula is C14H23BrN2S. The summed E-state index contributed by atoms with van der Waals surface area (Å²) in [7, 11) is 0. The second-order valence-corrected chi connectivity index (χ2v) is 7.73. The quantitative estimate of drug-likeness (QED) is 0.890. The Morgan fingerprint density at radius 1 is 1.50 bits per heavy atom. The van der Waals surface area contributed by atoms with E-state index >= 15 is 0 Å². The third-order valence-corrected chi connectivity index (χ3v) is 5.44. The normalized spacial score (nSPS) is 25.5. The molecule has 2 nitrogen and oxygen atoms in total. The lowest BCUT2D eigenvalue weighted by molar-refractivity contribution is 0.150. The highest BCUT2D eigenvalue weighted by Crippen LogP contribution is 2.23. The van der Waals surface area contributed by atoms with E-state index in [4.69, 9.17) is 0 Å². The summed E-state index contributed by atoms with van der Waals surface area (Å²) < 4.78 is 1.25. The van der Waals surface area contributed by atoms with Crippen molar-refractivity contribution in [1.82, 2.24) is 10.2 Å². The Bertz CT molecular complexity index is 366. The summed E-state index contributed by atoms with van der Waals surface area (Å²) in [5.74, 6) is 0.772. The summed E-state index contributed by atoms with van der Waals surface area (Å²) in [6.07, 6.45) is 2.48. The Labute approximate surface area is 123 Å². The Morgan fingerprint density at radius 3 is 2.94 bits per heavy atom. The highest BCUT2D eigenvalue weighted by molar-refractivity contribution is 9.11. The fourth-order valence-electron chi connectivity index (χ4n) is 2.75. The minimum atomic E-state index is 0.724. The third kappa shape index (κ3) is 4.05. The topological polar surface area (TPSA) is 15.3 Å². The fourth-order valence-corrected chi connectivity index (χ4v) is 4.23. The van der Waals surface area contributed by atoms with Crippen LogP contribution in [0.25, 0.3) is 0 Å². The molecule has 0 amide bonds. The van der Waals surface area contributed by atoms with Crippen molar-refractivity contribution in [1.29, 1.82) is 0 Å². The Kier molecular flexibility index (Phi) is 5.67. The molecule has 102 valence electrons. The molecule has 1 aromatic heterocycles. The largest absolute Gasteiger partial charge is 0.314 e. The van der Waals surface area contributed by atoms with Crippen LogP contribution in [0, 0.1) is 5.92 Å². The zero-order chi connectivity index (χ0) is 13.0. The van der Waals surface area contributed by atoms with E-state index in [0.29, 0.717) is 0 Å². The maximum absolute atomic E-state index is 3.60. The number of hydrogen-bond acceptors (Lipinski definition) is 3. The summed E-state index contributed by atoms with van der Waals surface area (Å²) in [6, 6.07) is 5.12. The maximum atomic E-state index is 3.60. The monoisotopic (exact) mass is 330 g/mol. The Hall–Kier alpha value is 0.1000. The second kappa shape index (κ2) is 7.04. The van der Waals surface area contributed by atoms with Crippen molar-refractivity contribution in [2.45, 2.75) is 32.7 Å². The van der Waals surface area contributed by atoms with Crippen LogP contribution in [0.3, 0.4) is 0 Å². The van der Waals surface area contributed by atoms with Gasteiger partial charge in [0.25, 0.3) is 0 Å². The smallest absolute Gasteiger partial charge is 0.0701 e. The average molecular weight is 331 g/mol. The molecule has 0 saturated carbocycles. The molecule has 1 fully saturated rings. The molecule has 0 aromatic carbocycles. The average Bonchev–Trinajstić information content (AvgIpc) is 2.76. The number of piperidine rings is 1. The molecule has 1 N–H and O–H groups in total. The van der Waals surface area contributed by atoms with Gasteiger partial charge < -0.3 is 10.2 Å². The number of likely N-dealkylation sites (tertiary alicyclic amines) is 1. The minimum absolute atomic E-state index is 0.724. The van der Waals surface area contributed by atoms with Crippen molar-refractivity contribution in [3.05, 3.63) is 20.8 Å². The molecule has 2 unspecified atom stereocenters. The Balaban J connectivity index is 1.75. The van der Waals surface area contributed by atoms with Crippen molar-refractivity contribution in [3.8, 4) is 0 Å². The van der Waals surface area contributed by atoms with Gasteiger partial charge in [0.1, 0.15) is 0 Å². The van der Waals surface area contributed by atoms with Crippen molar-refractivity contribution < 1.29 is 0 Å². The van der Waals surface area contributed by atoms with Crippen molar-refractivity contribution >= 4 is 27.3 Å². The van der Waals surface area contributed by atoms with Crippen LogP contribution in [0.5, 0.6) is 0 Å². The lowest BCUT2D eigenvalue weighted by Crippen LogP contribution is -2.48. The van der Waals surface area contributed by atoms with Gasteiger partial charge in [-0.15, -0.1) is 11.3 Å². The van der Waals surface area contributed by atoms with Gasteiger partial charge in [-0.05, 0) is 59.9 Å². The standard InChI is InChI=1S/C14H23BrN2S/c1-3-16-13-7-9-17(10-11(13)2)8-6-12-4-5-14(15)18-12/h4-5,11,13,16H,3,6-10H2,1-2H3. The van der Waals surface area contributed by atoms with Gasteiger partial charge in [0.15, 0.2) is 0 Å². The van der Waals surface area contributed by atoms with Crippen molar-refractivity contribution in [2.24, 2.45) is 5.92 Å².